The van der Waals surface area contributed by atoms with Crippen molar-refractivity contribution in [1.82, 2.24) is 25.3 Å². The highest BCUT2D eigenvalue weighted by Crippen LogP contribution is 2.37. The first-order valence-corrected chi connectivity index (χ1v) is 7.51. The highest BCUT2D eigenvalue weighted by atomic mass is 16.2. The Bertz CT molecular complexity index is 906. The molecule has 4 rings (SSSR count). The van der Waals surface area contributed by atoms with Gasteiger partial charge in [0.2, 0.25) is 0 Å². The number of rotatable bonds is 4. The molecule has 1 amide bonds. The highest BCUT2D eigenvalue weighted by molar-refractivity contribution is 5.92. The molecule has 3 N–H and O–H groups in total. The number of hydrogen-bond donors (Lipinski definition) is 3. The van der Waals surface area contributed by atoms with E-state index < -0.39 is 0 Å². The maximum Gasteiger partial charge on any atom is 0.270 e. The lowest BCUT2D eigenvalue weighted by Crippen LogP contribution is -2.26. The van der Waals surface area contributed by atoms with Gasteiger partial charge in [-0.1, -0.05) is 0 Å². The van der Waals surface area contributed by atoms with Crippen molar-refractivity contribution in [1.29, 1.82) is 0 Å². The molecule has 23 heavy (non-hydrogen) atoms. The topological polar surface area (TPSA) is 104 Å². The molecule has 3 aromatic rings. The van der Waals surface area contributed by atoms with Crippen LogP contribution in [0.25, 0.3) is 11.0 Å². The summed E-state index contributed by atoms with van der Waals surface area (Å²) in [5.41, 5.74) is 2.48. The Kier molecular flexibility index (Phi) is 3.18. The summed E-state index contributed by atoms with van der Waals surface area (Å²) in [7, 11) is 0. The Labute approximate surface area is 131 Å². The normalized spacial score (nSPS) is 14.1. The van der Waals surface area contributed by atoms with Crippen molar-refractivity contribution in [2.75, 3.05) is 0 Å². The lowest BCUT2D eigenvalue weighted by Gasteiger charge is -2.04. The molecule has 0 aliphatic heterocycles. The number of nitrogens with one attached hydrogen (secondary N) is 3. The first-order chi connectivity index (χ1) is 11.2. The van der Waals surface area contributed by atoms with Crippen LogP contribution in [0, 0.1) is 0 Å². The number of fused-ring (bicyclic) bond motifs is 1. The summed E-state index contributed by atoms with van der Waals surface area (Å²) in [6, 6.07) is 6.89. The van der Waals surface area contributed by atoms with E-state index in [0.717, 1.165) is 29.6 Å². The van der Waals surface area contributed by atoms with Crippen LogP contribution in [-0.2, 0) is 6.54 Å². The van der Waals surface area contributed by atoms with Crippen molar-refractivity contribution < 1.29 is 4.79 Å². The average molecular weight is 309 g/mol. The molecule has 0 aromatic carbocycles. The van der Waals surface area contributed by atoms with Gasteiger partial charge in [0, 0.05) is 23.9 Å². The van der Waals surface area contributed by atoms with Crippen molar-refractivity contribution in [2.45, 2.75) is 25.3 Å². The van der Waals surface area contributed by atoms with Gasteiger partial charge >= 0.3 is 0 Å². The van der Waals surface area contributed by atoms with E-state index >= 15 is 0 Å². The van der Waals surface area contributed by atoms with Crippen LogP contribution in [0.3, 0.4) is 0 Å². The van der Waals surface area contributed by atoms with Gasteiger partial charge in [-0.15, -0.1) is 0 Å². The van der Waals surface area contributed by atoms with Gasteiger partial charge in [0.15, 0.2) is 0 Å². The fourth-order valence-electron chi connectivity index (χ4n) is 2.52. The van der Waals surface area contributed by atoms with Crippen LogP contribution < -0.4 is 10.9 Å². The molecule has 1 fully saturated rings. The fraction of sp³-hybridized carbons (Fsp3) is 0.250. The molecule has 0 unspecified atom stereocenters. The molecule has 0 spiro atoms. The molecule has 0 radical (unpaired) electrons. The zero-order chi connectivity index (χ0) is 15.8. The van der Waals surface area contributed by atoms with Crippen LogP contribution in [0.1, 0.15) is 40.8 Å². The van der Waals surface area contributed by atoms with E-state index in [1.165, 1.54) is 6.07 Å². The van der Waals surface area contributed by atoms with E-state index in [1.54, 1.807) is 6.20 Å². The second-order valence-electron chi connectivity index (χ2n) is 5.70. The average Bonchev–Trinajstić information content (AvgIpc) is 3.31. The number of pyridine rings is 1. The van der Waals surface area contributed by atoms with E-state index in [9.17, 15) is 9.59 Å². The Morgan fingerprint density at radius 1 is 1.30 bits per heavy atom. The van der Waals surface area contributed by atoms with Crippen LogP contribution in [-0.4, -0.2) is 25.8 Å². The predicted molar refractivity (Wildman–Crippen MR) is 84.1 cm³/mol. The largest absolute Gasteiger partial charge is 0.356 e. The van der Waals surface area contributed by atoms with E-state index in [0.29, 0.717) is 12.4 Å². The summed E-state index contributed by atoms with van der Waals surface area (Å²) in [5.74, 6) is 0.539. The van der Waals surface area contributed by atoms with Gasteiger partial charge in [0.05, 0.1) is 17.6 Å². The zero-order valence-corrected chi connectivity index (χ0v) is 12.3. The molecule has 3 heterocycles. The van der Waals surface area contributed by atoms with Gasteiger partial charge in [-0.2, -0.15) is 0 Å². The lowest BCUT2D eigenvalue weighted by molar-refractivity contribution is 0.0945. The van der Waals surface area contributed by atoms with E-state index in [-0.39, 0.29) is 23.1 Å². The first kappa shape index (κ1) is 13.7. The van der Waals surface area contributed by atoms with Gasteiger partial charge in [-0.3, -0.25) is 14.6 Å². The van der Waals surface area contributed by atoms with Crippen LogP contribution in [0.5, 0.6) is 0 Å². The van der Waals surface area contributed by atoms with Crippen molar-refractivity contribution in [3.05, 3.63) is 58.0 Å². The number of aromatic nitrogens is 4. The maximum absolute atomic E-state index is 12.2. The Balaban J connectivity index is 1.50. The molecular weight excluding hydrogens is 294 g/mol. The molecule has 116 valence electrons. The van der Waals surface area contributed by atoms with Crippen LogP contribution in [0.4, 0.5) is 0 Å². The zero-order valence-electron chi connectivity index (χ0n) is 12.3. The third kappa shape index (κ3) is 2.85. The SMILES string of the molecule is O=C(NCc1cc2ncccc2[nH]1)c1cc(=O)[nH]c(C2CC2)n1. The molecule has 1 aliphatic carbocycles. The molecule has 7 heteroatoms. The third-order valence-electron chi connectivity index (χ3n) is 3.84. The second kappa shape index (κ2) is 5.35. The third-order valence-corrected chi connectivity index (χ3v) is 3.84. The quantitative estimate of drug-likeness (QED) is 0.678. The van der Waals surface area contributed by atoms with Crippen molar-refractivity contribution in [2.24, 2.45) is 0 Å². The number of amides is 1. The van der Waals surface area contributed by atoms with Gasteiger partial charge in [-0.05, 0) is 31.0 Å². The lowest BCUT2D eigenvalue weighted by atomic mass is 10.3. The standard InChI is InChI=1S/C16H15N5O2/c22-14-7-13(20-15(21-14)9-3-4-9)16(23)18-8-10-6-12-11(19-10)2-1-5-17-12/h1-2,5-7,9,19H,3-4,8H2,(H,18,23)(H,20,21,22). The summed E-state index contributed by atoms with van der Waals surface area (Å²) < 4.78 is 0. The van der Waals surface area contributed by atoms with Crippen LogP contribution in [0.2, 0.25) is 0 Å². The minimum atomic E-state index is -0.357. The van der Waals surface area contributed by atoms with Gasteiger partial charge < -0.3 is 15.3 Å². The fourth-order valence-corrected chi connectivity index (χ4v) is 2.52. The van der Waals surface area contributed by atoms with Crippen molar-refractivity contribution in [3.63, 3.8) is 0 Å². The van der Waals surface area contributed by atoms with Gasteiger partial charge in [-0.25, -0.2) is 4.98 Å². The molecule has 3 aromatic heterocycles. The molecule has 1 saturated carbocycles. The Hall–Kier alpha value is -2.96. The van der Waals surface area contributed by atoms with E-state index in [2.05, 4.69) is 25.3 Å². The summed E-state index contributed by atoms with van der Waals surface area (Å²) in [6.45, 7) is 0.322. The summed E-state index contributed by atoms with van der Waals surface area (Å²) in [6.07, 6.45) is 3.74. The maximum atomic E-state index is 12.2. The first-order valence-electron chi connectivity index (χ1n) is 7.51. The number of H-pyrrole nitrogens is 2. The number of hydrogen-bond acceptors (Lipinski definition) is 4. The minimum Gasteiger partial charge on any atom is -0.356 e. The second-order valence-corrected chi connectivity index (χ2v) is 5.70. The molecule has 1 aliphatic rings. The van der Waals surface area contributed by atoms with Crippen molar-refractivity contribution in [3.8, 4) is 0 Å². The summed E-state index contributed by atoms with van der Waals surface area (Å²) in [5, 5.41) is 2.78. The van der Waals surface area contributed by atoms with E-state index in [1.807, 2.05) is 18.2 Å². The smallest absolute Gasteiger partial charge is 0.270 e. The van der Waals surface area contributed by atoms with Gasteiger partial charge in [0.25, 0.3) is 11.5 Å². The number of carbonyl (C=O) groups excluding carboxylic acids is 1. The molecule has 0 bridgehead atoms. The number of aromatic amines is 2. The molecule has 0 saturated heterocycles. The number of carbonyl (C=O) groups is 1. The Morgan fingerprint density at radius 3 is 2.96 bits per heavy atom. The van der Waals surface area contributed by atoms with E-state index in [4.69, 9.17) is 0 Å². The summed E-state index contributed by atoms with van der Waals surface area (Å²) in [4.78, 5) is 38.3. The van der Waals surface area contributed by atoms with Crippen molar-refractivity contribution >= 4 is 16.9 Å². The predicted octanol–water partition coefficient (Wildman–Crippen LogP) is 1.45. The van der Waals surface area contributed by atoms with Crippen LogP contribution in [0.15, 0.2) is 35.3 Å². The highest BCUT2D eigenvalue weighted by Gasteiger charge is 2.27. The van der Waals surface area contributed by atoms with Crippen LogP contribution >= 0.6 is 0 Å². The van der Waals surface area contributed by atoms with Gasteiger partial charge in [0.1, 0.15) is 11.5 Å². The minimum absolute atomic E-state index is 0.157. The monoisotopic (exact) mass is 309 g/mol. The molecule has 7 nitrogen and oxygen atoms in total. The Morgan fingerprint density at radius 2 is 2.17 bits per heavy atom. The summed E-state index contributed by atoms with van der Waals surface area (Å²) >= 11 is 0. The molecular formula is C16H15N5O2. The number of nitrogens with zero attached hydrogens (tertiary/aromatic N) is 2. The molecule has 0 atom stereocenters.